The van der Waals surface area contributed by atoms with Gasteiger partial charge >= 0.3 is 5.69 Å². The van der Waals surface area contributed by atoms with Crippen LogP contribution in [0.3, 0.4) is 0 Å². The molecule has 2 aromatic rings. The Morgan fingerprint density at radius 3 is 2.68 bits per heavy atom. The van der Waals surface area contributed by atoms with Crippen LogP contribution in [0, 0.1) is 0 Å². The normalized spacial score (nSPS) is 10.4. The lowest BCUT2D eigenvalue weighted by Gasteiger charge is -2.06. The molecule has 1 amide bonds. The Hall–Kier alpha value is -2.34. The third-order valence-corrected chi connectivity index (χ3v) is 2.52. The van der Waals surface area contributed by atoms with E-state index in [0.29, 0.717) is 12.3 Å². The lowest BCUT2D eigenvalue weighted by atomic mass is 10.2. The summed E-state index contributed by atoms with van der Waals surface area (Å²) in [4.78, 5) is 25.4. The monoisotopic (exact) mass is 261 g/mol. The SMILES string of the molecule is CCOCC(=O)Nc1ccc(-n2cc[nH]c2=O)cc1. The summed E-state index contributed by atoms with van der Waals surface area (Å²) in [5.74, 6) is -0.201. The number of ether oxygens (including phenoxy) is 1. The van der Waals surface area contributed by atoms with Crippen molar-refractivity contribution in [2.24, 2.45) is 0 Å². The van der Waals surface area contributed by atoms with Gasteiger partial charge in [0.05, 0.1) is 5.69 Å². The van der Waals surface area contributed by atoms with Gasteiger partial charge in [-0.1, -0.05) is 0 Å². The summed E-state index contributed by atoms with van der Waals surface area (Å²) in [6.07, 6.45) is 3.21. The fourth-order valence-corrected chi connectivity index (χ4v) is 1.62. The minimum absolute atomic E-state index is 0.0372. The predicted octanol–water partition coefficient (Wildman–Crippen LogP) is 1.14. The number of imidazole rings is 1. The summed E-state index contributed by atoms with van der Waals surface area (Å²) in [5, 5.41) is 2.70. The average Bonchev–Trinajstić information content (AvgIpc) is 2.83. The van der Waals surface area contributed by atoms with Gasteiger partial charge < -0.3 is 15.0 Å². The number of H-pyrrole nitrogens is 1. The number of benzene rings is 1. The highest BCUT2D eigenvalue weighted by Gasteiger charge is 2.03. The zero-order valence-electron chi connectivity index (χ0n) is 10.6. The second-order valence-corrected chi connectivity index (χ2v) is 3.87. The number of amides is 1. The maximum absolute atomic E-state index is 11.4. The molecule has 1 aromatic carbocycles. The lowest BCUT2D eigenvalue weighted by molar-refractivity contribution is -0.120. The number of nitrogens with zero attached hydrogens (tertiary/aromatic N) is 1. The number of aromatic nitrogens is 2. The average molecular weight is 261 g/mol. The maximum atomic E-state index is 11.4. The van der Waals surface area contributed by atoms with Crippen molar-refractivity contribution in [3.8, 4) is 5.69 Å². The van der Waals surface area contributed by atoms with Gasteiger partial charge in [-0.2, -0.15) is 0 Å². The van der Waals surface area contributed by atoms with E-state index in [1.807, 2.05) is 6.92 Å². The molecule has 6 heteroatoms. The van der Waals surface area contributed by atoms with Gasteiger partial charge in [0.2, 0.25) is 5.91 Å². The fourth-order valence-electron chi connectivity index (χ4n) is 1.62. The molecule has 0 aliphatic heterocycles. The van der Waals surface area contributed by atoms with Crippen LogP contribution in [0.25, 0.3) is 5.69 Å². The van der Waals surface area contributed by atoms with Crippen molar-refractivity contribution in [1.29, 1.82) is 0 Å². The summed E-state index contributed by atoms with van der Waals surface area (Å²) < 4.78 is 6.48. The first kappa shape index (κ1) is 13.1. The number of rotatable bonds is 5. The molecule has 2 rings (SSSR count). The Kier molecular flexibility index (Phi) is 4.15. The quantitative estimate of drug-likeness (QED) is 0.847. The second kappa shape index (κ2) is 6.01. The molecule has 0 aliphatic rings. The molecule has 0 spiro atoms. The number of carbonyl (C=O) groups is 1. The van der Waals surface area contributed by atoms with Gasteiger partial charge in [-0.25, -0.2) is 4.79 Å². The van der Waals surface area contributed by atoms with Crippen molar-refractivity contribution in [3.05, 3.63) is 47.1 Å². The number of anilines is 1. The predicted molar refractivity (Wildman–Crippen MR) is 71.5 cm³/mol. The van der Waals surface area contributed by atoms with E-state index < -0.39 is 0 Å². The molecule has 0 bridgehead atoms. The molecule has 0 saturated heterocycles. The van der Waals surface area contributed by atoms with E-state index in [4.69, 9.17) is 4.74 Å². The first-order valence-corrected chi connectivity index (χ1v) is 5.95. The van der Waals surface area contributed by atoms with Crippen molar-refractivity contribution in [1.82, 2.24) is 9.55 Å². The summed E-state index contributed by atoms with van der Waals surface area (Å²) in [6, 6.07) is 6.98. The van der Waals surface area contributed by atoms with Crippen molar-refractivity contribution in [2.45, 2.75) is 6.92 Å². The molecule has 0 unspecified atom stereocenters. The first-order chi connectivity index (χ1) is 9.20. The second-order valence-electron chi connectivity index (χ2n) is 3.87. The van der Waals surface area contributed by atoms with Gasteiger partial charge in [-0.05, 0) is 31.2 Å². The summed E-state index contributed by atoms with van der Waals surface area (Å²) in [5.41, 5.74) is 1.19. The molecule has 100 valence electrons. The largest absolute Gasteiger partial charge is 0.372 e. The van der Waals surface area contributed by atoms with Crippen LogP contribution < -0.4 is 11.0 Å². The molecule has 6 nitrogen and oxygen atoms in total. The van der Waals surface area contributed by atoms with Gasteiger partial charge in [0, 0.05) is 24.7 Å². The van der Waals surface area contributed by atoms with Crippen LogP contribution in [-0.4, -0.2) is 28.7 Å². The number of hydrogen-bond donors (Lipinski definition) is 2. The topological polar surface area (TPSA) is 76.1 Å². The smallest absolute Gasteiger partial charge is 0.330 e. The Morgan fingerprint density at radius 1 is 1.37 bits per heavy atom. The van der Waals surface area contributed by atoms with E-state index in [1.165, 1.54) is 4.57 Å². The summed E-state index contributed by atoms with van der Waals surface area (Å²) >= 11 is 0. The van der Waals surface area contributed by atoms with E-state index >= 15 is 0 Å². The van der Waals surface area contributed by atoms with E-state index in [0.717, 1.165) is 5.69 Å². The van der Waals surface area contributed by atoms with E-state index in [2.05, 4.69) is 10.3 Å². The molecule has 1 heterocycles. The van der Waals surface area contributed by atoms with Crippen LogP contribution in [0.15, 0.2) is 41.5 Å². The molecular formula is C13H15N3O3. The van der Waals surface area contributed by atoms with Crippen LogP contribution in [0.2, 0.25) is 0 Å². The molecule has 0 fully saturated rings. The third-order valence-electron chi connectivity index (χ3n) is 2.52. The van der Waals surface area contributed by atoms with Gasteiger partial charge in [0.15, 0.2) is 0 Å². The van der Waals surface area contributed by atoms with Crippen LogP contribution in [0.4, 0.5) is 5.69 Å². The Morgan fingerprint density at radius 2 is 2.11 bits per heavy atom. The Labute approximate surface area is 110 Å². The third kappa shape index (κ3) is 3.32. The molecule has 0 atom stereocenters. The fraction of sp³-hybridized carbons (Fsp3) is 0.231. The molecular weight excluding hydrogens is 246 g/mol. The molecule has 0 aliphatic carbocycles. The van der Waals surface area contributed by atoms with Crippen molar-refractivity contribution in [3.63, 3.8) is 0 Å². The van der Waals surface area contributed by atoms with Crippen molar-refractivity contribution >= 4 is 11.6 Å². The van der Waals surface area contributed by atoms with E-state index in [1.54, 1.807) is 36.7 Å². The zero-order valence-corrected chi connectivity index (χ0v) is 10.6. The number of aromatic amines is 1. The van der Waals surface area contributed by atoms with Crippen LogP contribution in [0.1, 0.15) is 6.92 Å². The minimum atomic E-state index is -0.201. The van der Waals surface area contributed by atoms with E-state index in [-0.39, 0.29) is 18.2 Å². The molecule has 0 radical (unpaired) electrons. The molecule has 19 heavy (non-hydrogen) atoms. The maximum Gasteiger partial charge on any atom is 0.330 e. The zero-order chi connectivity index (χ0) is 13.7. The Bertz CT molecular complexity index is 598. The number of nitrogens with one attached hydrogen (secondary N) is 2. The van der Waals surface area contributed by atoms with Crippen LogP contribution >= 0.6 is 0 Å². The van der Waals surface area contributed by atoms with Gasteiger partial charge in [0.1, 0.15) is 6.61 Å². The van der Waals surface area contributed by atoms with E-state index in [9.17, 15) is 9.59 Å². The minimum Gasteiger partial charge on any atom is -0.372 e. The molecule has 1 aromatic heterocycles. The Balaban J connectivity index is 2.05. The van der Waals surface area contributed by atoms with Crippen molar-refractivity contribution < 1.29 is 9.53 Å². The van der Waals surface area contributed by atoms with Gasteiger partial charge in [0.25, 0.3) is 0 Å². The highest BCUT2D eigenvalue weighted by molar-refractivity contribution is 5.91. The highest BCUT2D eigenvalue weighted by atomic mass is 16.5. The summed E-state index contributed by atoms with van der Waals surface area (Å²) in [7, 11) is 0. The van der Waals surface area contributed by atoms with Gasteiger partial charge in [-0.15, -0.1) is 0 Å². The van der Waals surface area contributed by atoms with Crippen molar-refractivity contribution in [2.75, 3.05) is 18.5 Å². The standard InChI is InChI=1S/C13H15N3O3/c1-2-19-9-12(17)15-10-3-5-11(6-4-10)16-8-7-14-13(16)18/h3-8H,2,9H2,1H3,(H,14,18)(H,15,17). The first-order valence-electron chi connectivity index (χ1n) is 5.95. The van der Waals surface area contributed by atoms with Gasteiger partial charge in [-0.3, -0.25) is 9.36 Å². The van der Waals surface area contributed by atoms with Crippen LogP contribution in [0.5, 0.6) is 0 Å². The molecule has 0 saturated carbocycles. The number of carbonyl (C=O) groups excluding carboxylic acids is 1. The lowest BCUT2D eigenvalue weighted by Crippen LogP contribution is -2.18. The van der Waals surface area contributed by atoms with Crippen LogP contribution in [-0.2, 0) is 9.53 Å². The number of hydrogen-bond acceptors (Lipinski definition) is 3. The molecule has 2 N–H and O–H groups in total. The highest BCUT2D eigenvalue weighted by Crippen LogP contribution is 2.11. The summed E-state index contributed by atoms with van der Waals surface area (Å²) in [6.45, 7) is 2.37.